The van der Waals surface area contributed by atoms with E-state index in [-0.39, 0.29) is 17.7 Å². The molecule has 28 heavy (non-hydrogen) atoms. The van der Waals surface area contributed by atoms with Crippen molar-refractivity contribution in [1.29, 1.82) is 0 Å². The van der Waals surface area contributed by atoms with Crippen LogP contribution in [0.15, 0.2) is 24.5 Å². The number of pyridine rings is 1. The lowest BCUT2D eigenvalue weighted by Crippen LogP contribution is -2.47. The average Bonchev–Trinajstić information content (AvgIpc) is 2.74. The Hall–Kier alpha value is -2.19. The van der Waals surface area contributed by atoms with E-state index in [2.05, 4.69) is 15.2 Å². The van der Waals surface area contributed by atoms with Gasteiger partial charge in [-0.15, -0.1) is 0 Å². The van der Waals surface area contributed by atoms with Gasteiger partial charge in [0.15, 0.2) is 0 Å². The molecule has 0 bridgehead atoms. The number of likely N-dealkylation sites (tertiary alicyclic amines) is 1. The first-order chi connectivity index (χ1) is 13.7. The molecule has 2 saturated heterocycles. The number of nitrogens with zero attached hydrogens (tertiary/aromatic N) is 3. The minimum absolute atomic E-state index is 0.000431. The molecule has 1 aromatic heterocycles. The first-order valence-corrected chi connectivity index (χ1v) is 10.1. The zero-order valence-corrected chi connectivity index (χ0v) is 16.3. The van der Waals surface area contributed by atoms with E-state index in [1.165, 1.54) is 0 Å². The van der Waals surface area contributed by atoms with Crippen LogP contribution in [0, 0.1) is 5.92 Å². The topological polar surface area (TPSA) is 84.0 Å². The van der Waals surface area contributed by atoms with Crippen molar-refractivity contribution >= 4 is 11.8 Å². The lowest BCUT2D eigenvalue weighted by Gasteiger charge is -2.33. The molecule has 1 aromatic rings. The third kappa shape index (κ3) is 6.45. The van der Waals surface area contributed by atoms with Gasteiger partial charge in [0.05, 0.1) is 31.9 Å². The number of carbonyl (C=O) groups is 2. The standard InChI is InChI=1S/C20H30N4O4/c25-19-5-4-17(16-24(19)9-2-8-23-10-13-27-14-11-23)20(26)22-7-12-28-18-3-1-6-21-15-18/h1,3,6,15,17H,2,4-5,7-14,16H2,(H,22,26). The minimum atomic E-state index is -0.139. The van der Waals surface area contributed by atoms with Crippen molar-refractivity contribution in [2.45, 2.75) is 19.3 Å². The van der Waals surface area contributed by atoms with Crippen LogP contribution >= 0.6 is 0 Å². The molecule has 2 aliphatic heterocycles. The molecule has 154 valence electrons. The van der Waals surface area contributed by atoms with Gasteiger partial charge in [0.25, 0.3) is 0 Å². The maximum Gasteiger partial charge on any atom is 0.225 e. The Morgan fingerprint density at radius 1 is 1.32 bits per heavy atom. The molecule has 8 heteroatoms. The molecule has 2 aliphatic rings. The highest BCUT2D eigenvalue weighted by Crippen LogP contribution is 2.18. The number of ether oxygens (including phenoxy) is 2. The Morgan fingerprint density at radius 2 is 2.18 bits per heavy atom. The van der Waals surface area contributed by atoms with E-state index in [0.29, 0.717) is 44.8 Å². The number of carbonyl (C=O) groups excluding carboxylic acids is 2. The summed E-state index contributed by atoms with van der Waals surface area (Å²) in [5, 5.41) is 2.92. The van der Waals surface area contributed by atoms with E-state index >= 15 is 0 Å². The molecule has 2 fully saturated rings. The van der Waals surface area contributed by atoms with Crippen LogP contribution in [-0.4, -0.2) is 85.7 Å². The average molecular weight is 390 g/mol. The van der Waals surface area contributed by atoms with E-state index < -0.39 is 0 Å². The van der Waals surface area contributed by atoms with E-state index in [9.17, 15) is 9.59 Å². The van der Waals surface area contributed by atoms with Gasteiger partial charge in [-0.3, -0.25) is 19.5 Å². The molecule has 0 spiro atoms. The lowest BCUT2D eigenvalue weighted by molar-refractivity contribution is -0.138. The van der Waals surface area contributed by atoms with Crippen molar-refractivity contribution in [1.82, 2.24) is 20.1 Å². The van der Waals surface area contributed by atoms with Crippen LogP contribution in [0.1, 0.15) is 19.3 Å². The molecule has 1 unspecified atom stereocenters. The molecular formula is C20H30N4O4. The summed E-state index contributed by atoms with van der Waals surface area (Å²) in [6.45, 7) is 6.52. The van der Waals surface area contributed by atoms with Gasteiger partial charge in [0.2, 0.25) is 11.8 Å². The van der Waals surface area contributed by atoms with Gasteiger partial charge in [0, 0.05) is 45.3 Å². The van der Waals surface area contributed by atoms with Crippen LogP contribution in [-0.2, 0) is 14.3 Å². The Balaban J connectivity index is 1.34. The smallest absolute Gasteiger partial charge is 0.225 e. The van der Waals surface area contributed by atoms with E-state index in [1.807, 2.05) is 11.0 Å². The fraction of sp³-hybridized carbons (Fsp3) is 0.650. The number of hydrogen-bond donors (Lipinski definition) is 1. The maximum atomic E-state index is 12.4. The van der Waals surface area contributed by atoms with Crippen molar-refractivity contribution < 1.29 is 19.1 Å². The summed E-state index contributed by atoms with van der Waals surface area (Å²) in [6.07, 6.45) is 5.32. The molecule has 1 atom stereocenters. The van der Waals surface area contributed by atoms with Crippen molar-refractivity contribution in [2.75, 3.05) is 59.1 Å². The monoisotopic (exact) mass is 390 g/mol. The largest absolute Gasteiger partial charge is 0.490 e. The van der Waals surface area contributed by atoms with Gasteiger partial charge >= 0.3 is 0 Å². The van der Waals surface area contributed by atoms with Crippen LogP contribution in [0.25, 0.3) is 0 Å². The van der Waals surface area contributed by atoms with Crippen LogP contribution in [0.5, 0.6) is 5.75 Å². The zero-order chi connectivity index (χ0) is 19.6. The second kappa shape index (κ2) is 11.0. The van der Waals surface area contributed by atoms with Crippen molar-refractivity contribution in [3.8, 4) is 5.75 Å². The molecule has 1 N–H and O–H groups in total. The van der Waals surface area contributed by atoms with Crippen molar-refractivity contribution in [3.05, 3.63) is 24.5 Å². The summed E-state index contributed by atoms with van der Waals surface area (Å²) in [6, 6.07) is 3.64. The Morgan fingerprint density at radius 3 is 2.96 bits per heavy atom. The molecule has 8 nitrogen and oxygen atoms in total. The number of rotatable bonds is 9. The van der Waals surface area contributed by atoms with Crippen LogP contribution in [0.3, 0.4) is 0 Å². The third-order valence-electron chi connectivity index (χ3n) is 5.18. The summed E-state index contributed by atoms with van der Waals surface area (Å²) in [4.78, 5) is 32.8. The highest BCUT2D eigenvalue weighted by Gasteiger charge is 2.29. The van der Waals surface area contributed by atoms with Crippen LogP contribution in [0.4, 0.5) is 0 Å². The first kappa shape index (κ1) is 20.5. The second-order valence-electron chi connectivity index (χ2n) is 7.21. The number of piperidine rings is 1. The van der Waals surface area contributed by atoms with Gasteiger partial charge < -0.3 is 19.7 Å². The Kier molecular flexibility index (Phi) is 8.05. The summed E-state index contributed by atoms with van der Waals surface area (Å²) in [5.74, 6) is 0.706. The second-order valence-corrected chi connectivity index (χ2v) is 7.21. The molecule has 3 heterocycles. The number of morpholine rings is 1. The third-order valence-corrected chi connectivity index (χ3v) is 5.18. The fourth-order valence-electron chi connectivity index (χ4n) is 3.57. The van der Waals surface area contributed by atoms with Crippen LogP contribution < -0.4 is 10.1 Å². The molecule has 0 radical (unpaired) electrons. The van der Waals surface area contributed by atoms with Gasteiger partial charge in [-0.1, -0.05) is 0 Å². The van der Waals surface area contributed by atoms with Gasteiger partial charge in [0.1, 0.15) is 12.4 Å². The van der Waals surface area contributed by atoms with E-state index in [4.69, 9.17) is 9.47 Å². The predicted molar refractivity (Wildman–Crippen MR) is 104 cm³/mol. The highest BCUT2D eigenvalue weighted by atomic mass is 16.5. The molecule has 3 rings (SSSR count). The quantitative estimate of drug-likeness (QED) is 0.620. The van der Waals surface area contributed by atoms with Crippen LogP contribution in [0.2, 0.25) is 0 Å². The molecular weight excluding hydrogens is 360 g/mol. The van der Waals surface area contributed by atoms with Crippen molar-refractivity contribution in [2.24, 2.45) is 5.92 Å². The summed E-state index contributed by atoms with van der Waals surface area (Å²) in [5.41, 5.74) is 0. The number of amides is 2. The normalized spacial score (nSPS) is 20.8. The summed E-state index contributed by atoms with van der Waals surface area (Å²) in [7, 11) is 0. The fourth-order valence-corrected chi connectivity index (χ4v) is 3.57. The Labute approximate surface area is 166 Å². The SMILES string of the molecule is O=C(NCCOc1cccnc1)C1CCC(=O)N(CCCN2CCOCC2)C1. The highest BCUT2D eigenvalue weighted by molar-refractivity contribution is 5.83. The zero-order valence-electron chi connectivity index (χ0n) is 16.3. The summed E-state index contributed by atoms with van der Waals surface area (Å²) >= 11 is 0. The maximum absolute atomic E-state index is 12.4. The summed E-state index contributed by atoms with van der Waals surface area (Å²) < 4.78 is 10.9. The Bertz CT molecular complexity index is 622. The predicted octanol–water partition coefficient (Wildman–Crippen LogP) is 0.538. The minimum Gasteiger partial charge on any atom is -0.490 e. The van der Waals surface area contributed by atoms with Crippen molar-refractivity contribution in [3.63, 3.8) is 0 Å². The number of aromatic nitrogens is 1. The number of hydrogen-bond acceptors (Lipinski definition) is 6. The van der Waals surface area contributed by atoms with Gasteiger partial charge in [-0.2, -0.15) is 0 Å². The van der Waals surface area contributed by atoms with Gasteiger partial charge in [-0.25, -0.2) is 0 Å². The van der Waals surface area contributed by atoms with E-state index in [0.717, 1.165) is 39.3 Å². The lowest BCUT2D eigenvalue weighted by atomic mass is 9.96. The molecule has 0 aromatic carbocycles. The molecule has 0 saturated carbocycles. The van der Waals surface area contributed by atoms with Gasteiger partial charge in [-0.05, 0) is 25.0 Å². The molecule has 0 aliphatic carbocycles. The number of nitrogens with one attached hydrogen (secondary N) is 1. The first-order valence-electron chi connectivity index (χ1n) is 10.1. The molecule has 2 amide bonds. The van der Waals surface area contributed by atoms with E-state index in [1.54, 1.807) is 18.5 Å².